The average Bonchev–Trinajstić information content (AvgIpc) is 3.53. The van der Waals surface area contributed by atoms with Crippen LogP contribution in [0.25, 0.3) is 0 Å². The number of nitrogens with zero attached hydrogens (tertiary/aromatic N) is 3. The maximum absolute atomic E-state index is 13.1. The fourth-order valence-electron chi connectivity index (χ4n) is 3.74. The molecule has 0 spiro atoms. The molecule has 1 aromatic carbocycles. The summed E-state index contributed by atoms with van der Waals surface area (Å²) in [7, 11) is 1.69. The van der Waals surface area contributed by atoms with Gasteiger partial charge in [-0.3, -0.25) is 15.2 Å². The third-order valence-corrected chi connectivity index (χ3v) is 5.53. The molecule has 2 aromatic heterocycles. The van der Waals surface area contributed by atoms with Crippen LogP contribution < -0.4 is 15.7 Å². The summed E-state index contributed by atoms with van der Waals surface area (Å²) in [4.78, 5) is 17.5. The zero-order chi connectivity index (χ0) is 23.8. The Bertz CT molecular complexity index is 1230. The highest BCUT2D eigenvalue weighted by Crippen LogP contribution is 2.40. The number of alkyl halides is 3. The summed E-state index contributed by atoms with van der Waals surface area (Å²) in [6, 6.07) is 7.27. The van der Waals surface area contributed by atoms with E-state index in [0.717, 1.165) is 30.2 Å². The summed E-state index contributed by atoms with van der Waals surface area (Å²) in [5.41, 5.74) is 2.36. The van der Waals surface area contributed by atoms with E-state index in [9.17, 15) is 18.0 Å². The van der Waals surface area contributed by atoms with Gasteiger partial charge in [-0.25, -0.2) is 0 Å². The topological polar surface area (TPSA) is 84.9 Å². The van der Waals surface area contributed by atoms with Gasteiger partial charge < -0.3 is 19.2 Å². The summed E-state index contributed by atoms with van der Waals surface area (Å²) in [6.45, 7) is 2.05. The highest BCUT2D eigenvalue weighted by atomic mass is 19.4. The van der Waals surface area contributed by atoms with E-state index in [1.807, 2.05) is 19.1 Å². The number of pyridine rings is 1. The molecule has 0 aliphatic heterocycles. The second kappa shape index (κ2) is 8.76. The molecular weight excluding hydrogens is 435 g/mol. The van der Waals surface area contributed by atoms with Crippen molar-refractivity contribution in [1.82, 2.24) is 19.4 Å². The predicted octanol–water partition coefficient (Wildman–Crippen LogP) is 3.84. The van der Waals surface area contributed by atoms with E-state index in [1.54, 1.807) is 34.8 Å². The van der Waals surface area contributed by atoms with E-state index in [2.05, 4.69) is 15.0 Å². The van der Waals surface area contributed by atoms with Crippen molar-refractivity contribution < 1.29 is 22.7 Å². The van der Waals surface area contributed by atoms with Gasteiger partial charge in [0.2, 0.25) is 5.62 Å². The van der Waals surface area contributed by atoms with Gasteiger partial charge in [-0.1, -0.05) is 0 Å². The summed E-state index contributed by atoms with van der Waals surface area (Å²) in [6.07, 6.45) is 1.99. The van der Waals surface area contributed by atoms with Crippen LogP contribution >= 0.6 is 0 Å². The van der Waals surface area contributed by atoms with Gasteiger partial charge in [0, 0.05) is 31.2 Å². The molecule has 1 atom stereocenters. The molecule has 2 heterocycles. The molecule has 1 saturated carbocycles. The minimum absolute atomic E-state index is 0.0492. The molecule has 1 aliphatic rings. The molecule has 10 heteroatoms. The highest BCUT2D eigenvalue weighted by Gasteiger charge is 2.35. The highest BCUT2D eigenvalue weighted by molar-refractivity contribution is 5.95. The van der Waals surface area contributed by atoms with Crippen molar-refractivity contribution in [2.75, 3.05) is 0 Å². The number of nitrogens with one attached hydrogen (secondary N) is 2. The third kappa shape index (κ3) is 5.63. The van der Waals surface area contributed by atoms with E-state index in [1.165, 1.54) is 12.1 Å². The van der Waals surface area contributed by atoms with E-state index < -0.39 is 18.0 Å². The fraction of sp³-hybridized carbons (Fsp3) is 0.348. The second-order valence-electron chi connectivity index (χ2n) is 8.32. The number of rotatable bonds is 7. The SMILES string of the molecule is Cc1ccnc([C@@H](NC(=O)c2cc(Cn3ccn(C)c3=N)cc(OC(F)(F)F)c2)C2CC2)c1. The van der Waals surface area contributed by atoms with Gasteiger partial charge in [0.25, 0.3) is 5.91 Å². The molecule has 0 radical (unpaired) electrons. The van der Waals surface area contributed by atoms with Gasteiger partial charge in [-0.15, -0.1) is 13.2 Å². The predicted molar refractivity (Wildman–Crippen MR) is 113 cm³/mol. The van der Waals surface area contributed by atoms with E-state index in [4.69, 9.17) is 5.41 Å². The molecule has 1 aliphatic carbocycles. The molecule has 1 fully saturated rings. The standard InChI is InChI=1S/C23H24F3N5O2/c1-14-5-6-28-19(9-14)20(16-3-4-16)29-21(32)17-10-15(11-18(12-17)33-23(24,25)26)13-31-8-7-30(2)22(31)27/h5-12,16,20,27H,3-4,13H2,1-2H3,(H,29,32)/t20-/m0/s1. The molecule has 7 nitrogen and oxygen atoms in total. The number of hydrogen-bond acceptors (Lipinski definition) is 4. The first-order chi connectivity index (χ1) is 15.6. The van der Waals surface area contributed by atoms with Gasteiger partial charge in [-0.2, -0.15) is 0 Å². The van der Waals surface area contributed by atoms with Crippen LogP contribution in [0.15, 0.2) is 48.9 Å². The summed E-state index contributed by atoms with van der Waals surface area (Å²) in [5, 5.41) is 11.0. The van der Waals surface area contributed by atoms with Crippen LogP contribution in [-0.2, 0) is 13.6 Å². The van der Waals surface area contributed by atoms with E-state index in [-0.39, 0.29) is 29.7 Å². The van der Waals surface area contributed by atoms with Crippen molar-refractivity contribution in [2.24, 2.45) is 13.0 Å². The molecule has 0 saturated heterocycles. The fourth-order valence-corrected chi connectivity index (χ4v) is 3.74. The van der Waals surface area contributed by atoms with Crippen LogP contribution in [0.5, 0.6) is 5.75 Å². The normalized spacial score (nSPS) is 14.7. The van der Waals surface area contributed by atoms with Crippen molar-refractivity contribution in [3.05, 3.63) is 76.9 Å². The molecule has 2 N–H and O–H groups in total. The summed E-state index contributed by atoms with van der Waals surface area (Å²) >= 11 is 0. The molecule has 33 heavy (non-hydrogen) atoms. The maximum atomic E-state index is 13.1. The van der Waals surface area contributed by atoms with Gasteiger partial charge in [0.15, 0.2) is 0 Å². The average molecular weight is 459 g/mol. The van der Waals surface area contributed by atoms with Crippen LogP contribution in [0.1, 0.15) is 46.1 Å². The number of aryl methyl sites for hydroxylation is 2. The maximum Gasteiger partial charge on any atom is 0.573 e. The molecule has 1 amide bonds. The quantitative estimate of drug-likeness (QED) is 0.563. The monoisotopic (exact) mass is 459 g/mol. The van der Waals surface area contributed by atoms with Gasteiger partial charge in [0.05, 0.1) is 18.3 Å². The first kappa shape index (κ1) is 22.6. The lowest BCUT2D eigenvalue weighted by Crippen LogP contribution is -2.31. The van der Waals surface area contributed by atoms with Crippen molar-refractivity contribution in [3.63, 3.8) is 0 Å². The first-order valence-corrected chi connectivity index (χ1v) is 10.5. The minimum atomic E-state index is -4.89. The van der Waals surface area contributed by atoms with Crippen LogP contribution in [-0.4, -0.2) is 26.4 Å². The number of aromatic nitrogens is 3. The Kier molecular flexibility index (Phi) is 6.01. The number of imidazole rings is 1. The lowest BCUT2D eigenvalue weighted by atomic mass is 10.0. The Hall–Kier alpha value is -3.56. The molecule has 174 valence electrons. The number of carbonyl (C=O) groups is 1. The number of amides is 1. The van der Waals surface area contributed by atoms with Crippen LogP contribution in [0.4, 0.5) is 13.2 Å². The summed E-state index contributed by atoms with van der Waals surface area (Å²) < 4.78 is 46.0. The second-order valence-corrected chi connectivity index (χ2v) is 8.32. The van der Waals surface area contributed by atoms with Crippen LogP contribution in [0.3, 0.4) is 0 Å². The van der Waals surface area contributed by atoms with Crippen LogP contribution in [0.2, 0.25) is 0 Å². The number of carbonyl (C=O) groups excluding carboxylic acids is 1. The number of ether oxygens (including phenoxy) is 1. The smallest absolute Gasteiger partial charge is 0.406 e. The van der Waals surface area contributed by atoms with E-state index in [0.29, 0.717) is 5.56 Å². The Labute approximate surface area is 188 Å². The Morgan fingerprint density at radius 1 is 1.27 bits per heavy atom. The molecule has 0 unspecified atom stereocenters. The van der Waals surface area contributed by atoms with Gasteiger partial charge in [-0.05, 0) is 67.1 Å². The lowest BCUT2D eigenvalue weighted by Gasteiger charge is -2.19. The molecular formula is C23H24F3N5O2. The van der Waals surface area contributed by atoms with Crippen molar-refractivity contribution >= 4 is 5.91 Å². The third-order valence-electron chi connectivity index (χ3n) is 5.53. The molecule has 0 bridgehead atoms. The van der Waals surface area contributed by atoms with Crippen molar-refractivity contribution in [3.8, 4) is 5.75 Å². The minimum Gasteiger partial charge on any atom is -0.406 e. The van der Waals surface area contributed by atoms with Crippen LogP contribution in [0, 0.1) is 18.3 Å². The largest absolute Gasteiger partial charge is 0.573 e. The Morgan fingerprint density at radius 3 is 2.64 bits per heavy atom. The van der Waals surface area contributed by atoms with Gasteiger partial charge in [0.1, 0.15) is 5.75 Å². The molecule has 3 aromatic rings. The Morgan fingerprint density at radius 2 is 2.03 bits per heavy atom. The zero-order valence-corrected chi connectivity index (χ0v) is 18.2. The number of benzene rings is 1. The van der Waals surface area contributed by atoms with Crippen molar-refractivity contribution in [1.29, 1.82) is 5.41 Å². The summed E-state index contributed by atoms with van der Waals surface area (Å²) in [5.74, 6) is -0.749. The number of hydrogen-bond donors (Lipinski definition) is 2. The zero-order valence-electron chi connectivity index (χ0n) is 18.2. The Balaban J connectivity index is 1.64. The van der Waals surface area contributed by atoms with Crippen molar-refractivity contribution in [2.45, 2.75) is 38.7 Å². The first-order valence-electron chi connectivity index (χ1n) is 10.5. The van der Waals surface area contributed by atoms with E-state index >= 15 is 0 Å². The number of halogens is 3. The lowest BCUT2D eigenvalue weighted by molar-refractivity contribution is -0.274. The van der Waals surface area contributed by atoms with Gasteiger partial charge >= 0.3 is 6.36 Å². The molecule has 4 rings (SSSR count).